The average molecular weight is 483 g/mol. The summed E-state index contributed by atoms with van der Waals surface area (Å²) in [6.45, 7) is 12.1. The number of fused-ring (bicyclic) bond motifs is 5. The summed E-state index contributed by atoms with van der Waals surface area (Å²) in [4.78, 5) is 22.8. The lowest BCUT2D eigenvalue weighted by atomic mass is 9.50. The van der Waals surface area contributed by atoms with Crippen LogP contribution >= 0.6 is 0 Å². The summed E-state index contributed by atoms with van der Waals surface area (Å²) in [7, 11) is 0. The van der Waals surface area contributed by atoms with Gasteiger partial charge in [0.2, 0.25) is 0 Å². The van der Waals surface area contributed by atoms with E-state index in [2.05, 4.69) is 58.9 Å². The van der Waals surface area contributed by atoms with E-state index in [1.807, 2.05) is 6.08 Å². The fourth-order valence-electron chi connectivity index (χ4n) is 8.13. The summed E-state index contributed by atoms with van der Waals surface area (Å²) in [5.74, 6) is 2.88. The van der Waals surface area contributed by atoms with Crippen LogP contribution in [0.3, 0.4) is 0 Å². The molecule has 0 spiro atoms. The van der Waals surface area contributed by atoms with Gasteiger partial charge in [0.05, 0.1) is 12.8 Å². The summed E-state index contributed by atoms with van der Waals surface area (Å²) in [5, 5.41) is 8.82. The first-order valence-electron chi connectivity index (χ1n) is 14.0. The van der Waals surface area contributed by atoms with Crippen molar-refractivity contribution in [3.8, 4) is 0 Å². The normalized spacial score (nSPS) is 38.3. The highest BCUT2D eigenvalue weighted by Gasteiger charge is 2.56. The van der Waals surface area contributed by atoms with Crippen molar-refractivity contribution in [1.82, 2.24) is 0 Å². The number of aliphatic carboxylic acids is 1. The molecule has 0 bridgehead atoms. The lowest BCUT2D eigenvalue weighted by molar-refractivity contribution is -0.150. The zero-order valence-electron chi connectivity index (χ0n) is 22.5. The van der Waals surface area contributed by atoms with E-state index in [1.165, 1.54) is 37.7 Å². The third-order valence-corrected chi connectivity index (χ3v) is 10.1. The molecule has 1 fully saturated rings. The van der Waals surface area contributed by atoms with E-state index in [4.69, 9.17) is 9.84 Å². The number of allylic oxidation sites excluding steroid dienone is 4. The van der Waals surface area contributed by atoms with Crippen molar-refractivity contribution in [2.75, 3.05) is 0 Å². The number of carbonyl (C=O) groups excluding carboxylic acids is 1. The van der Waals surface area contributed by atoms with Crippen molar-refractivity contribution in [2.24, 2.45) is 46.3 Å². The molecule has 0 unspecified atom stereocenters. The first kappa shape index (κ1) is 26.2. The second-order valence-corrected chi connectivity index (χ2v) is 12.7. The molecule has 1 N–H and O–H groups in total. The SMILES string of the molecule is CC(C)CCC[C@@H](C)[C@H]1CC[C@H]2[C@@H]3CC=C4C[C@@H](OC(=O)CCC(=O)O)C=C[C@]4(C)[C@H]3C=C[C@]12C. The molecule has 0 amide bonds. The summed E-state index contributed by atoms with van der Waals surface area (Å²) >= 11 is 0. The molecule has 1 saturated carbocycles. The smallest absolute Gasteiger partial charge is 0.306 e. The van der Waals surface area contributed by atoms with Gasteiger partial charge in [-0.1, -0.05) is 83.8 Å². The molecule has 35 heavy (non-hydrogen) atoms. The van der Waals surface area contributed by atoms with E-state index in [-0.39, 0.29) is 24.4 Å². The number of esters is 1. The number of carboxylic acids is 1. The van der Waals surface area contributed by atoms with E-state index < -0.39 is 11.9 Å². The zero-order valence-corrected chi connectivity index (χ0v) is 22.5. The second-order valence-electron chi connectivity index (χ2n) is 12.7. The maximum absolute atomic E-state index is 12.1. The predicted octanol–water partition coefficient (Wildman–Crippen LogP) is 7.36. The van der Waals surface area contributed by atoms with Crippen molar-refractivity contribution >= 4 is 11.9 Å². The molecule has 4 nitrogen and oxygen atoms in total. The minimum absolute atomic E-state index is 0.0221. The van der Waals surface area contributed by atoms with Crippen LogP contribution in [0.25, 0.3) is 0 Å². The number of hydrogen-bond donors (Lipinski definition) is 1. The number of carbonyl (C=O) groups is 2. The zero-order chi connectivity index (χ0) is 25.4. The molecule has 4 aliphatic rings. The fraction of sp³-hybridized carbons (Fsp3) is 0.742. The maximum Gasteiger partial charge on any atom is 0.306 e. The Morgan fingerprint density at radius 2 is 1.86 bits per heavy atom. The summed E-state index contributed by atoms with van der Waals surface area (Å²) in [6, 6.07) is 0. The topological polar surface area (TPSA) is 63.6 Å². The van der Waals surface area contributed by atoms with E-state index in [1.54, 1.807) is 0 Å². The Morgan fingerprint density at radius 1 is 1.09 bits per heavy atom. The number of ether oxygens (including phenoxy) is 1. The third kappa shape index (κ3) is 5.18. The molecule has 4 heteroatoms. The van der Waals surface area contributed by atoms with Crippen LogP contribution in [0.15, 0.2) is 36.0 Å². The molecule has 4 rings (SSSR count). The molecule has 0 aliphatic heterocycles. The van der Waals surface area contributed by atoms with Gasteiger partial charge in [-0.3, -0.25) is 9.59 Å². The maximum atomic E-state index is 12.1. The van der Waals surface area contributed by atoms with Crippen LogP contribution < -0.4 is 0 Å². The average Bonchev–Trinajstić information content (AvgIpc) is 3.15. The van der Waals surface area contributed by atoms with Gasteiger partial charge in [-0.05, 0) is 66.3 Å². The summed E-state index contributed by atoms with van der Waals surface area (Å²) in [6.07, 6.45) is 20.0. The van der Waals surface area contributed by atoms with Crippen LogP contribution in [0, 0.1) is 46.3 Å². The molecule has 0 heterocycles. The second kappa shape index (κ2) is 10.3. The van der Waals surface area contributed by atoms with Gasteiger partial charge in [0.1, 0.15) is 6.10 Å². The number of rotatable bonds is 9. The van der Waals surface area contributed by atoms with Gasteiger partial charge < -0.3 is 9.84 Å². The van der Waals surface area contributed by atoms with Crippen LogP contribution in [-0.4, -0.2) is 23.1 Å². The van der Waals surface area contributed by atoms with Crippen LogP contribution in [0.5, 0.6) is 0 Å². The fourth-order valence-corrected chi connectivity index (χ4v) is 8.13. The highest BCUT2D eigenvalue weighted by molar-refractivity contribution is 5.76. The van der Waals surface area contributed by atoms with Crippen LogP contribution in [-0.2, 0) is 14.3 Å². The molecule has 194 valence electrons. The van der Waals surface area contributed by atoms with Gasteiger partial charge in [0, 0.05) is 11.8 Å². The van der Waals surface area contributed by atoms with Gasteiger partial charge in [0.15, 0.2) is 0 Å². The minimum atomic E-state index is -0.968. The highest BCUT2D eigenvalue weighted by atomic mass is 16.5. The standard InChI is InChI=1S/C31H46O4/c1-20(2)7-6-8-21(3)25-11-12-26-24-10-9-22-19-23(35-29(34)14-13-28(32)33)15-17-30(22,4)27(24)16-18-31(25,26)5/h9,15-18,20-21,23-27H,6-8,10-14,19H2,1-5H3,(H,32,33)/t21-,23+,24+,25-,26+,27+,30+,31-/m1/s1. The molecule has 0 radical (unpaired) electrons. The largest absolute Gasteiger partial charge is 0.481 e. The van der Waals surface area contributed by atoms with Gasteiger partial charge in [-0.15, -0.1) is 0 Å². The quantitative estimate of drug-likeness (QED) is 0.275. The van der Waals surface area contributed by atoms with Crippen molar-refractivity contribution in [2.45, 2.75) is 98.5 Å². The first-order valence-corrected chi connectivity index (χ1v) is 14.0. The van der Waals surface area contributed by atoms with E-state index >= 15 is 0 Å². The Labute approximate surface area is 212 Å². The monoisotopic (exact) mass is 482 g/mol. The Hall–Kier alpha value is -1.84. The van der Waals surface area contributed by atoms with Gasteiger partial charge in [-0.2, -0.15) is 0 Å². The molecule has 4 aliphatic carbocycles. The van der Waals surface area contributed by atoms with E-state index in [9.17, 15) is 9.59 Å². The van der Waals surface area contributed by atoms with Crippen molar-refractivity contribution < 1.29 is 19.4 Å². The Bertz CT molecular complexity index is 898. The van der Waals surface area contributed by atoms with Gasteiger partial charge in [0.25, 0.3) is 0 Å². The summed E-state index contributed by atoms with van der Waals surface area (Å²) in [5.41, 5.74) is 1.66. The molecule has 0 aromatic heterocycles. The Balaban J connectivity index is 1.46. The van der Waals surface area contributed by atoms with Crippen LogP contribution in [0.1, 0.15) is 92.4 Å². The van der Waals surface area contributed by atoms with Crippen molar-refractivity contribution in [1.29, 1.82) is 0 Å². The van der Waals surface area contributed by atoms with E-state index in [0.717, 1.165) is 36.5 Å². The Kier molecular flexibility index (Phi) is 7.69. The molecular formula is C31H46O4. The van der Waals surface area contributed by atoms with Crippen molar-refractivity contribution in [3.05, 3.63) is 36.0 Å². The van der Waals surface area contributed by atoms with Gasteiger partial charge >= 0.3 is 11.9 Å². The van der Waals surface area contributed by atoms with Gasteiger partial charge in [-0.25, -0.2) is 0 Å². The van der Waals surface area contributed by atoms with Crippen LogP contribution in [0.4, 0.5) is 0 Å². The number of carboxylic acid groups (broad SMARTS) is 1. The molecule has 0 saturated heterocycles. The lowest BCUT2D eigenvalue weighted by Gasteiger charge is -2.54. The lowest BCUT2D eigenvalue weighted by Crippen LogP contribution is -2.47. The minimum Gasteiger partial charge on any atom is -0.481 e. The van der Waals surface area contributed by atoms with Crippen molar-refractivity contribution in [3.63, 3.8) is 0 Å². The van der Waals surface area contributed by atoms with Crippen LogP contribution in [0.2, 0.25) is 0 Å². The molecule has 8 atom stereocenters. The molecular weight excluding hydrogens is 436 g/mol. The highest BCUT2D eigenvalue weighted by Crippen LogP contribution is 2.64. The Morgan fingerprint density at radius 3 is 2.57 bits per heavy atom. The number of hydrogen-bond acceptors (Lipinski definition) is 3. The first-order chi connectivity index (χ1) is 16.5. The van der Waals surface area contributed by atoms with E-state index in [0.29, 0.717) is 17.3 Å². The summed E-state index contributed by atoms with van der Waals surface area (Å²) < 4.78 is 5.60. The molecule has 0 aromatic rings. The molecule has 0 aromatic carbocycles. The predicted molar refractivity (Wildman–Crippen MR) is 140 cm³/mol. The third-order valence-electron chi connectivity index (χ3n) is 10.1.